The number of alkyl halides is 6. The first-order valence-electron chi connectivity index (χ1n) is 17.2. The third kappa shape index (κ3) is 24.9. The first kappa shape index (κ1) is 61.3. The van der Waals surface area contributed by atoms with E-state index in [1.807, 2.05) is 146 Å². The summed E-state index contributed by atoms with van der Waals surface area (Å²) in [4.78, 5) is 31.1. The van der Waals surface area contributed by atoms with E-state index in [0.29, 0.717) is 0 Å². The second-order valence-electron chi connectivity index (χ2n) is 12.0. The Kier molecular flexibility index (Phi) is 29.0. The van der Waals surface area contributed by atoms with Gasteiger partial charge in [0.2, 0.25) is 0 Å². The van der Waals surface area contributed by atoms with Crippen LogP contribution in [0.2, 0.25) is 0 Å². The summed E-state index contributed by atoms with van der Waals surface area (Å²) in [7, 11) is -12.2. The van der Waals surface area contributed by atoms with Crippen molar-refractivity contribution >= 4 is 20.2 Å². The molecular weight excluding hydrogens is 986 g/mol. The Bertz CT molecular complexity index is 1970. The Labute approximate surface area is 386 Å². The molecule has 0 aliphatic rings. The first-order chi connectivity index (χ1) is 28.3. The molecule has 0 aliphatic carbocycles. The summed E-state index contributed by atoms with van der Waals surface area (Å²) in [6, 6.07) is 36.0. The van der Waals surface area contributed by atoms with Gasteiger partial charge < -0.3 is 20.1 Å². The standard InChI is InChI=1S/2C18H18N4.2CHF3O3S.2Fe.2H2O/c2*1-4-10-19-16(7-1)13-22(14-17-8-2-5-11-20-17)15-18-9-3-6-12-21-18;2*2-1(3,4)8(5,6)7;;;;/h2*1-12H,13-15H2;2*(H,5,6,7);;;2*1H2/q;;;;2*+3;;/p-4. The van der Waals surface area contributed by atoms with Gasteiger partial charge in [-0.2, -0.15) is 26.3 Å². The van der Waals surface area contributed by atoms with E-state index in [1.165, 1.54) is 0 Å². The number of halogens is 6. The van der Waals surface area contributed by atoms with E-state index in [9.17, 15) is 26.3 Å². The summed E-state index contributed by atoms with van der Waals surface area (Å²) in [5, 5.41) is 0. The first-order valence-corrected chi connectivity index (χ1v) is 20.0. The molecule has 6 rings (SSSR count). The number of pyridine rings is 6. The zero-order valence-electron chi connectivity index (χ0n) is 32.8. The molecule has 2 radical (unpaired) electrons. The van der Waals surface area contributed by atoms with Crippen molar-refractivity contribution in [2.45, 2.75) is 50.3 Å². The van der Waals surface area contributed by atoms with Crippen molar-refractivity contribution < 1.29 is 97.4 Å². The van der Waals surface area contributed by atoms with Crippen LogP contribution in [0.15, 0.2) is 146 Å². The van der Waals surface area contributed by atoms with Gasteiger partial charge in [-0.3, -0.25) is 39.7 Å². The van der Waals surface area contributed by atoms with Gasteiger partial charge >= 0.3 is 45.2 Å². The van der Waals surface area contributed by atoms with Gasteiger partial charge in [-0.25, -0.2) is 16.8 Å². The van der Waals surface area contributed by atoms with Crippen LogP contribution in [0.4, 0.5) is 26.3 Å². The van der Waals surface area contributed by atoms with Crippen LogP contribution in [0.5, 0.6) is 0 Å². The maximum absolute atomic E-state index is 10.7. The van der Waals surface area contributed by atoms with E-state index in [1.54, 1.807) is 0 Å². The Hall–Kier alpha value is -4.82. The predicted molar refractivity (Wildman–Crippen MR) is 207 cm³/mol. The molecule has 6 heterocycles. The Morgan fingerprint density at radius 1 is 0.375 bits per heavy atom. The van der Waals surface area contributed by atoms with Gasteiger partial charge in [0.25, 0.3) is 0 Å². The van der Waals surface area contributed by atoms with Crippen LogP contribution < -0.4 is 0 Å². The predicted octanol–water partition coefficient (Wildman–Crippen LogP) is 5.89. The molecule has 0 atom stereocenters. The molecule has 0 spiro atoms. The molecule has 0 bridgehead atoms. The van der Waals surface area contributed by atoms with Crippen molar-refractivity contribution in [1.29, 1.82) is 0 Å². The summed E-state index contributed by atoms with van der Waals surface area (Å²) >= 11 is 0. The van der Waals surface area contributed by atoms with Gasteiger partial charge in [0.1, 0.15) is 0 Å². The molecule has 6 aromatic heterocycles. The normalized spacial score (nSPS) is 10.9. The fourth-order valence-electron chi connectivity index (χ4n) is 4.66. The third-order valence-corrected chi connectivity index (χ3v) is 8.37. The Morgan fingerprint density at radius 2 is 0.516 bits per heavy atom. The van der Waals surface area contributed by atoms with E-state index in [4.69, 9.17) is 25.9 Å². The van der Waals surface area contributed by atoms with Crippen LogP contribution in [-0.4, -0.2) is 87.6 Å². The van der Waals surface area contributed by atoms with E-state index in [0.717, 1.165) is 73.4 Å². The van der Waals surface area contributed by atoms with Crippen molar-refractivity contribution in [3.8, 4) is 0 Å². The Morgan fingerprint density at radius 3 is 0.609 bits per heavy atom. The van der Waals surface area contributed by atoms with Crippen molar-refractivity contribution in [3.05, 3.63) is 181 Å². The van der Waals surface area contributed by atoms with Crippen molar-refractivity contribution in [2.75, 3.05) is 0 Å². The van der Waals surface area contributed by atoms with Crippen molar-refractivity contribution in [3.63, 3.8) is 0 Å². The van der Waals surface area contributed by atoms with Crippen LogP contribution in [0, 0.1) is 0 Å². The molecule has 0 aromatic carbocycles. The number of rotatable bonds is 12. The van der Waals surface area contributed by atoms with Gasteiger partial charge in [0.05, 0.1) is 34.2 Å². The average Bonchev–Trinajstić information content (AvgIpc) is 3.19. The molecule has 0 unspecified atom stereocenters. The van der Waals surface area contributed by atoms with E-state index in [2.05, 4.69) is 39.7 Å². The maximum atomic E-state index is 10.7. The fourth-order valence-corrected chi connectivity index (χ4v) is 4.66. The van der Waals surface area contributed by atoms with Crippen LogP contribution in [0.25, 0.3) is 0 Å². The van der Waals surface area contributed by atoms with Gasteiger partial charge in [-0.1, -0.05) is 36.4 Å². The topological polar surface area (TPSA) is 258 Å². The maximum Gasteiger partial charge on any atom is 3.00 e. The molecular formula is C38H38F6Fe2N8O8S2+2. The van der Waals surface area contributed by atoms with Gasteiger partial charge in [-0.15, -0.1) is 0 Å². The van der Waals surface area contributed by atoms with E-state index in [-0.39, 0.29) is 45.1 Å². The van der Waals surface area contributed by atoms with Gasteiger partial charge in [0.15, 0.2) is 20.2 Å². The number of hydrogen-bond acceptors (Lipinski definition) is 16. The minimum absolute atomic E-state index is 0. The number of nitrogens with zero attached hydrogens (tertiary/aromatic N) is 8. The molecule has 6 aromatic rings. The number of hydrogen-bond donors (Lipinski definition) is 0. The van der Waals surface area contributed by atoms with Crippen LogP contribution in [0.3, 0.4) is 0 Å². The SMILES string of the molecule is O=S(=O)([O-])C(F)(F)F.O=S(=O)([O-])C(F)(F)F.[Fe+3].[Fe+3].[OH-].[OH-].c1ccc(CN(Cc2ccccn2)Cc2ccccn2)nc1.c1ccc(CN(Cc2ccccn2)Cc2ccccn2)nc1. The van der Waals surface area contributed by atoms with E-state index < -0.39 is 31.3 Å². The third-order valence-electron chi connectivity index (χ3n) is 7.24. The van der Waals surface area contributed by atoms with Crippen molar-refractivity contribution in [2.24, 2.45) is 0 Å². The van der Waals surface area contributed by atoms with Crippen LogP contribution in [0.1, 0.15) is 34.2 Å². The molecule has 0 fully saturated rings. The zero-order chi connectivity index (χ0) is 44.1. The van der Waals surface area contributed by atoms with E-state index >= 15 is 0 Å². The second-order valence-corrected chi connectivity index (χ2v) is 14.8. The second kappa shape index (κ2) is 30.3. The van der Waals surface area contributed by atoms with Gasteiger partial charge in [-0.05, 0) is 72.8 Å². The van der Waals surface area contributed by atoms with Crippen LogP contribution >= 0.6 is 0 Å². The molecule has 0 saturated carbocycles. The Balaban J connectivity index is 0. The molecule has 26 heteroatoms. The molecule has 16 nitrogen and oxygen atoms in total. The minimum Gasteiger partial charge on any atom is -0.870 e. The molecule has 2 N–H and O–H groups in total. The van der Waals surface area contributed by atoms with Gasteiger partial charge in [0, 0.05) is 76.4 Å². The fraction of sp³-hybridized carbons (Fsp3) is 0.211. The summed E-state index contributed by atoms with van der Waals surface area (Å²) in [5.41, 5.74) is -4.99. The molecule has 64 heavy (non-hydrogen) atoms. The molecule has 346 valence electrons. The van der Waals surface area contributed by atoms with Crippen molar-refractivity contribution in [1.82, 2.24) is 39.7 Å². The molecule has 0 aliphatic heterocycles. The smallest absolute Gasteiger partial charge is 0.870 e. The molecule has 0 saturated heterocycles. The minimum atomic E-state index is -6.09. The quantitative estimate of drug-likeness (QED) is 0.0599. The summed E-state index contributed by atoms with van der Waals surface area (Å²) < 4.78 is 118. The monoisotopic (exact) mass is 1020 g/mol. The summed E-state index contributed by atoms with van der Waals surface area (Å²) in [6.45, 7) is 4.63. The summed E-state index contributed by atoms with van der Waals surface area (Å²) in [5.74, 6) is 0. The zero-order valence-corrected chi connectivity index (χ0v) is 36.7. The average molecular weight is 1020 g/mol. The summed E-state index contributed by atoms with van der Waals surface area (Å²) in [6.07, 6.45) is 11.0. The molecule has 0 amide bonds. The largest absolute Gasteiger partial charge is 3.00 e. The van der Waals surface area contributed by atoms with Crippen LogP contribution in [-0.2, 0) is 93.6 Å². The number of aromatic nitrogens is 6.